The SMILES string of the molecule is CC.CCN1CCN(CC2CN(C3CCN(CC)CC3(F)F)C2)CC1. The first-order valence-electron chi connectivity index (χ1n) is 10.3. The van der Waals surface area contributed by atoms with Gasteiger partial charge in [0.05, 0.1) is 12.6 Å². The highest BCUT2D eigenvalue weighted by Gasteiger charge is 2.49. The van der Waals surface area contributed by atoms with Gasteiger partial charge in [0.2, 0.25) is 0 Å². The van der Waals surface area contributed by atoms with Crippen molar-refractivity contribution in [1.29, 1.82) is 0 Å². The van der Waals surface area contributed by atoms with E-state index in [9.17, 15) is 8.78 Å². The number of piperidine rings is 1. The highest BCUT2D eigenvalue weighted by Crippen LogP contribution is 2.35. The fraction of sp³-hybridized carbons (Fsp3) is 1.00. The Morgan fingerprint density at radius 2 is 1.40 bits per heavy atom. The van der Waals surface area contributed by atoms with Crippen LogP contribution in [0.4, 0.5) is 8.78 Å². The van der Waals surface area contributed by atoms with Crippen molar-refractivity contribution in [3.8, 4) is 0 Å². The summed E-state index contributed by atoms with van der Waals surface area (Å²) in [5.74, 6) is -1.96. The fourth-order valence-electron chi connectivity index (χ4n) is 4.35. The molecule has 4 nitrogen and oxygen atoms in total. The predicted molar refractivity (Wildman–Crippen MR) is 100 cm³/mol. The highest BCUT2D eigenvalue weighted by molar-refractivity contribution is 4.98. The molecule has 0 bridgehead atoms. The minimum atomic E-state index is -2.55. The van der Waals surface area contributed by atoms with Crippen molar-refractivity contribution in [2.45, 2.75) is 46.1 Å². The summed E-state index contributed by atoms with van der Waals surface area (Å²) in [7, 11) is 0. The summed E-state index contributed by atoms with van der Waals surface area (Å²) in [4.78, 5) is 8.92. The Morgan fingerprint density at radius 1 is 0.840 bits per heavy atom. The van der Waals surface area contributed by atoms with Gasteiger partial charge >= 0.3 is 0 Å². The first kappa shape index (κ1) is 21.0. The van der Waals surface area contributed by atoms with Crippen molar-refractivity contribution in [1.82, 2.24) is 19.6 Å². The maximum atomic E-state index is 14.3. The van der Waals surface area contributed by atoms with Crippen LogP contribution in [0.1, 0.15) is 34.1 Å². The molecule has 0 radical (unpaired) electrons. The minimum Gasteiger partial charge on any atom is -0.301 e. The van der Waals surface area contributed by atoms with Crippen molar-refractivity contribution in [2.24, 2.45) is 5.92 Å². The first-order chi connectivity index (χ1) is 12.0. The average Bonchev–Trinajstić information content (AvgIpc) is 2.60. The van der Waals surface area contributed by atoms with E-state index in [1.165, 1.54) is 0 Å². The van der Waals surface area contributed by atoms with Crippen LogP contribution < -0.4 is 0 Å². The molecule has 0 N–H and O–H groups in total. The van der Waals surface area contributed by atoms with Gasteiger partial charge < -0.3 is 9.80 Å². The third-order valence-electron chi connectivity index (χ3n) is 5.94. The summed E-state index contributed by atoms with van der Waals surface area (Å²) in [6.07, 6.45) is 0.614. The van der Waals surface area contributed by atoms with E-state index in [2.05, 4.69) is 16.7 Å². The van der Waals surface area contributed by atoms with Gasteiger partial charge in [0.1, 0.15) is 0 Å². The van der Waals surface area contributed by atoms with E-state index in [4.69, 9.17) is 0 Å². The lowest BCUT2D eigenvalue weighted by molar-refractivity contribution is -0.150. The number of hydrogen-bond acceptors (Lipinski definition) is 4. The van der Waals surface area contributed by atoms with Gasteiger partial charge in [-0.2, -0.15) is 0 Å². The smallest absolute Gasteiger partial charge is 0.275 e. The second kappa shape index (κ2) is 9.58. The molecule has 0 aromatic heterocycles. The molecule has 3 saturated heterocycles. The van der Waals surface area contributed by atoms with E-state index in [0.29, 0.717) is 12.3 Å². The average molecular weight is 361 g/mol. The van der Waals surface area contributed by atoms with Crippen molar-refractivity contribution >= 4 is 0 Å². The zero-order valence-electron chi connectivity index (χ0n) is 16.7. The largest absolute Gasteiger partial charge is 0.301 e. The quantitative estimate of drug-likeness (QED) is 0.746. The number of alkyl halides is 2. The number of nitrogens with zero attached hydrogens (tertiary/aromatic N) is 4. The maximum Gasteiger partial charge on any atom is 0.275 e. The molecule has 3 heterocycles. The monoisotopic (exact) mass is 360 g/mol. The molecule has 3 aliphatic heterocycles. The zero-order chi connectivity index (χ0) is 18.4. The molecular weight excluding hydrogens is 322 g/mol. The molecular formula is C19H38F2N4. The number of rotatable bonds is 5. The lowest BCUT2D eigenvalue weighted by atomic mass is 9.90. The van der Waals surface area contributed by atoms with Crippen LogP contribution in [0.2, 0.25) is 0 Å². The first-order valence-corrected chi connectivity index (χ1v) is 10.3. The lowest BCUT2D eigenvalue weighted by Gasteiger charge is -2.51. The van der Waals surface area contributed by atoms with E-state index in [1.54, 1.807) is 0 Å². The van der Waals surface area contributed by atoms with E-state index in [0.717, 1.165) is 65.4 Å². The molecule has 0 aromatic carbocycles. The molecule has 3 fully saturated rings. The minimum absolute atomic E-state index is 0.0612. The normalized spacial score (nSPS) is 29.8. The van der Waals surface area contributed by atoms with Gasteiger partial charge in [-0.15, -0.1) is 0 Å². The van der Waals surface area contributed by atoms with Crippen LogP contribution in [-0.4, -0.2) is 104 Å². The van der Waals surface area contributed by atoms with Gasteiger partial charge in [0, 0.05) is 52.4 Å². The summed E-state index contributed by atoms with van der Waals surface area (Å²) >= 11 is 0. The molecule has 0 amide bonds. The number of likely N-dealkylation sites (N-methyl/N-ethyl adjacent to an activating group) is 1. The zero-order valence-corrected chi connectivity index (χ0v) is 16.7. The van der Waals surface area contributed by atoms with Crippen LogP contribution in [-0.2, 0) is 0 Å². The van der Waals surface area contributed by atoms with Crippen LogP contribution >= 0.6 is 0 Å². The molecule has 0 aliphatic carbocycles. The molecule has 148 valence electrons. The van der Waals surface area contributed by atoms with Crippen LogP contribution in [0.5, 0.6) is 0 Å². The van der Waals surface area contributed by atoms with Crippen LogP contribution in [0, 0.1) is 5.92 Å². The molecule has 0 spiro atoms. The number of piperazine rings is 1. The second-order valence-electron chi connectivity index (χ2n) is 7.49. The Kier molecular flexibility index (Phi) is 8.05. The topological polar surface area (TPSA) is 13.0 Å². The van der Waals surface area contributed by atoms with E-state index >= 15 is 0 Å². The summed E-state index contributed by atoms with van der Waals surface area (Å²) in [6.45, 7) is 18.2. The van der Waals surface area contributed by atoms with Crippen LogP contribution in [0.3, 0.4) is 0 Å². The highest BCUT2D eigenvalue weighted by atomic mass is 19.3. The fourth-order valence-corrected chi connectivity index (χ4v) is 4.35. The molecule has 0 aromatic rings. The third kappa shape index (κ3) is 5.34. The number of halogens is 2. The lowest BCUT2D eigenvalue weighted by Crippen LogP contribution is -2.65. The maximum absolute atomic E-state index is 14.3. The van der Waals surface area contributed by atoms with Gasteiger partial charge in [-0.25, -0.2) is 8.78 Å². The summed E-state index contributed by atoms with van der Waals surface area (Å²) < 4.78 is 28.7. The van der Waals surface area contributed by atoms with Gasteiger partial charge in [-0.1, -0.05) is 27.7 Å². The van der Waals surface area contributed by atoms with Crippen LogP contribution in [0.25, 0.3) is 0 Å². The van der Waals surface area contributed by atoms with Gasteiger partial charge in [0.15, 0.2) is 0 Å². The second-order valence-corrected chi connectivity index (χ2v) is 7.49. The van der Waals surface area contributed by atoms with Crippen molar-refractivity contribution in [2.75, 3.05) is 72.0 Å². The van der Waals surface area contributed by atoms with Gasteiger partial charge in [-0.3, -0.25) is 9.80 Å². The Bertz CT molecular complexity index is 380. The van der Waals surface area contributed by atoms with Crippen molar-refractivity contribution in [3.05, 3.63) is 0 Å². The van der Waals surface area contributed by atoms with Gasteiger partial charge in [-0.05, 0) is 25.4 Å². The van der Waals surface area contributed by atoms with Crippen molar-refractivity contribution < 1.29 is 8.78 Å². The summed E-state index contributed by atoms with van der Waals surface area (Å²) in [5.41, 5.74) is 0. The molecule has 0 saturated carbocycles. The molecule has 6 heteroatoms. The summed E-state index contributed by atoms with van der Waals surface area (Å²) in [5, 5.41) is 0. The molecule has 3 aliphatic rings. The molecule has 1 atom stereocenters. The Morgan fingerprint density at radius 3 is 1.92 bits per heavy atom. The Labute approximate surface area is 153 Å². The Balaban J connectivity index is 0.00000109. The third-order valence-corrected chi connectivity index (χ3v) is 5.94. The van der Waals surface area contributed by atoms with E-state index < -0.39 is 12.0 Å². The van der Waals surface area contributed by atoms with Gasteiger partial charge in [0.25, 0.3) is 5.92 Å². The summed E-state index contributed by atoms with van der Waals surface area (Å²) in [6, 6.07) is -0.529. The van der Waals surface area contributed by atoms with Crippen molar-refractivity contribution in [3.63, 3.8) is 0 Å². The molecule has 3 rings (SSSR count). The standard InChI is InChI=1S/C17H32F2N4.C2H6/c1-3-20-7-9-22(10-8-20)11-15-12-23(13-15)16-5-6-21(4-2)14-17(16,18)19;1-2/h15-16H,3-14H2,1-2H3;1-2H3. The van der Waals surface area contributed by atoms with E-state index in [-0.39, 0.29) is 6.54 Å². The predicted octanol–water partition coefficient (Wildman–Crippen LogP) is 2.31. The number of likely N-dealkylation sites (tertiary alicyclic amines) is 2. The molecule has 25 heavy (non-hydrogen) atoms. The van der Waals surface area contributed by atoms with E-state index in [1.807, 2.05) is 30.6 Å². The molecule has 1 unspecified atom stereocenters. The number of hydrogen-bond donors (Lipinski definition) is 0. The Hall–Kier alpha value is -0.300. The van der Waals surface area contributed by atoms with Crippen LogP contribution in [0.15, 0.2) is 0 Å².